The first-order chi connectivity index (χ1) is 11.0. The van der Waals surface area contributed by atoms with Crippen LogP contribution in [0.4, 0.5) is 0 Å². The number of hydrogen-bond donors (Lipinski definition) is 0. The van der Waals surface area contributed by atoms with Gasteiger partial charge in [-0.15, -0.1) is 0 Å². The molecule has 0 radical (unpaired) electrons. The molecule has 2 aromatic heterocycles. The van der Waals surface area contributed by atoms with Crippen molar-refractivity contribution in [3.05, 3.63) is 40.3 Å². The standard InChI is InChI=1S/C16H19ClN4O2/c1-9(2)15-18-8-11(17)14(19-15)16(22)21-6-4-5-13(21)12-7-10(3)23-20-12/h7-9,13H,4-6H2,1-3H3/t13-/m1/s1. The predicted octanol–water partition coefficient (Wildman–Crippen LogP) is 3.53. The van der Waals surface area contributed by atoms with E-state index in [4.69, 9.17) is 16.1 Å². The predicted molar refractivity (Wildman–Crippen MR) is 85.4 cm³/mol. The van der Waals surface area contributed by atoms with Gasteiger partial charge in [0.05, 0.1) is 17.3 Å². The van der Waals surface area contributed by atoms with Crippen molar-refractivity contribution < 1.29 is 9.32 Å². The Morgan fingerprint density at radius 1 is 1.48 bits per heavy atom. The lowest BCUT2D eigenvalue weighted by Crippen LogP contribution is -2.32. The van der Waals surface area contributed by atoms with Gasteiger partial charge in [-0.2, -0.15) is 0 Å². The molecule has 0 bridgehead atoms. The minimum atomic E-state index is -0.178. The van der Waals surface area contributed by atoms with Crippen molar-refractivity contribution in [2.75, 3.05) is 6.54 Å². The molecule has 0 aromatic carbocycles. The van der Waals surface area contributed by atoms with Gasteiger partial charge in [0, 0.05) is 18.5 Å². The van der Waals surface area contributed by atoms with Crippen LogP contribution in [-0.2, 0) is 0 Å². The summed E-state index contributed by atoms with van der Waals surface area (Å²) in [5.74, 6) is 1.31. The van der Waals surface area contributed by atoms with E-state index in [0.717, 1.165) is 24.3 Å². The Kier molecular flexibility index (Phi) is 4.35. The number of aryl methyl sites for hydroxylation is 1. The van der Waals surface area contributed by atoms with Crippen molar-refractivity contribution in [1.29, 1.82) is 0 Å². The van der Waals surface area contributed by atoms with E-state index in [1.807, 2.05) is 26.8 Å². The van der Waals surface area contributed by atoms with Crippen molar-refractivity contribution in [3.63, 3.8) is 0 Å². The number of aromatic nitrogens is 3. The summed E-state index contributed by atoms with van der Waals surface area (Å²) in [6.45, 7) is 6.46. The van der Waals surface area contributed by atoms with Gasteiger partial charge in [-0.25, -0.2) is 9.97 Å². The molecule has 0 saturated carbocycles. The van der Waals surface area contributed by atoms with Crippen LogP contribution in [0.25, 0.3) is 0 Å². The van der Waals surface area contributed by atoms with Crippen LogP contribution in [0.2, 0.25) is 5.02 Å². The van der Waals surface area contributed by atoms with Gasteiger partial charge in [-0.1, -0.05) is 30.6 Å². The van der Waals surface area contributed by atoms with Gasteiger partial charge < -0.3 is 9.42 Å². The molecule has 1 fully saturated rings. The Morgan fingerprint density at radius 2 is 2.26 bits per heavy atom. The number of nitrogens with zero attached hydrogens (tertiary/aromatic N) is 4. The summed E-state index contributed by atoms with van der Waals surface area (Å²) in [6, 6.07) is 1.78. The maximum Gasteiger partial charge on any atom is 0.274 e. The Labute approximate surface area is 139 Å². The molecular formula is C16H19ClN4O2. The minimum Gasteiger partial charge on any atom is -0.361 e. The fourth-order valence-corrected chi connectivity index (χ4v) is 2.98. The van der Waals surface area contributed by atoms with Crippen LogP contribution < -0.4 is 0 Å². The van der Waals surface area contributed by atoms with E-state index in [2.05, 4.69) is 15.1 Å². The molecule has 1 atom stereocenters. The van der Waals surface area contributed by atoms with Crippen molar-refractivity contribution in [3.8, 4) is 0 Å². The molecule has 0 unspecified atom stereocenters. The van der Waals surface area contributed by atoms with Gasteiger partial charge in [0.25, 0.3) is 5.91 Å². The van der Waals surface area contributed by atoms with E-state index in [-0.39, 0.29) is 28.6 Å². The zero-order chi connectivity index (χ0) is 16.6. The first-order valence-corrected chi connectivity index (χ1v) is 8.11. The van der Waals surface area contributed by atoms with Crippen LogP contribution >= 0.6 is 11.6 Å². The second kappa shape index (κ2) is 6.28. The Hall–Kier alpha value is -1.95. The summed E-state index contributed by atoms with van der Waals surface area (Å²) >= 11 is 6.17. The zero-order valence-electron chi connectivity index (χ0n) is 13.4. The molecule has 3 rings (SSSR count). The lowest BCUT2D eigenvalue weighted by atomic mass is 10.1. The first-order valence-electron chi connectivity index (χ1n) is 7.74. The lowest BCUT2D eigenvalue weighted by molar-refractivity contribution is 0.0724. The van der Waals surface area contributed by atoms with E-state index < -0.39 is 0 Å². The Balaban J connectivity index is 1.91. The van der Waals surface area contributed by atoms with Crippen molar-refractivity contribution in [2.45, 2.75) is 45.6 Å². The van der Waals surface area contributed by atoms with Crippen LogP contribution in [-0.4, -0.2) is 32.5 Å². The zero-order valence-corrected chi connectivity index (χ0v) is 14.2. The molecule has 1 saturated heterocycles. The van der Waals surface area contributed by atoms with E-state index in [0.29, 0.717) is 12.4 Å². The molecule has 0 spiro atoms. The Morgan fingerprint density at radius 3 is 2.91 bits per heavy atom. The van der Waals surface area contributed by atoms with Crippen molar-refractivity contribution >= 4 is 17.5 Å². The number of amides is 1. The summed E-state index contributed by atoms with van der Waals surface area (Å²) in [6.07, 6.45) is 3.28. The second-order valence-electron chi connectivity index (χ2n) is 6.10. The third-order valence-corrected chi connectivity index (χ3v) is 4.26. The summed E-state index contributed by atoms with van der Waals surface area (Å²) < 4.78 is 5.15. The number of halogens is 1. The molecule has 23 heavy (non-hydrogen) atoms. The quantitative estimate of drug-likeness (QED) is 0.858. The number of likely N-dealkylation sites (tertiary alicyclic amines) is 1. The van der Waals surface area contributed by atoms with Gasteiger partial charge in [0.2, 0.25) is 0 Å². The van der Waals surface area contributed by atoms with E-state index in [1.54, 1.807) is 4.90 Å². The maximum absolute atomic E-state index is 12.9. The molecule has 1 aliphatic heterocycles. The van der Waals surface area contributed by atoms with Gasteiger partial charge in [-0.05, 0) is 19.8 Å². The van der Waals surface area contributed by atoms with Gasteiger partial charge >= 0.3 is 0 Å². The smallest absolute Gasteiger partial charge is 0.274 e. The largest absolute Gasteiger partial charge is 0.361 e. The van der Waals surface area contributed by atoms with Crippen molar-refractivity contribution in [1.82, 2.24) is 20.0 Å². The number of carbonyl (C=O) groups is 1. The third-order valence-electron chi connectivity index (χ3n) is 3.98. The summed E-state index contributed by atoms with van der Waals surface area (Å²) in [5.41, 5.74) is 1.04. The summed E-state index contributed by atoms with van der Waals surface area (Å²) in [5, 5.41) is 4.34. The Bertz CT molecular complexity index is 729. The van der Waals surface area contributed by atoms with Gasteiger partial charge in [-0.3, -0.25) is 4.79 Å². The van der Waals surface area contributed by atoms with E-state index in [9.17, 15) is 4.79 Å². The van der Waals surface area contributed by atoms with Gasteiger partial charge in [0.15, 0.2) is 5.69 Å². The topological polar surface area (TPSA) is 72.1 Å². The lowest BCUT2D eigenvalue weighted by Gasteiger charge is -2.23. The number of hydrogen-bond acceptors (Lipinski definition) is 5. The van der Waals surface area contributed by atoms with Crippen molar-refractivity contribution in [2.24, 2.45) is 0 Å². The highest BCUT2D eigenvalue weighted by Crippen LogP contribution is 2.33. The molecule has 6 nitrogen and oxygen atoms in total. The third kappa shape index (κ3) is 3.08. The average Bonchev–Trinajstić information content (AvgIpc) is 3.15. The van der Waals surface area contributed by atoms with E-state index >= 15 is 0 Å². The van der Waals surface area contributed by atoms with Crippen LogP contribution in [0, 0.1) is 6.92 Å². The number of carbonyl (C=O) groups excluding carboxylic acids is 1. The van der Waals surface area contributed by atoms with Crippen LogP contribution in [0.5, 0.6) is 0 Å². The molecule has 3 heterocycles. The van der Waals surface area contributed by atoms with Crippen LogP contribution in [0.15, 0.2) is 16.8 Å². The van der Waals surface area contributed by atoms with E-state index in [1.165, 1.54) is 6.20 Å². The SMILES string of the molecule is Cc1cc([C@H]2CCCN2C(=O)c2nc(C(C)C)ncc2Cl)no1. The molecule has 122 valence electrons. The molecule has 0 aliphatic carbocycles. The second-order valence-corrected chi connectivity index (χ2v) is 6.51. The molecule has 2 aromatic rings. The molecule has 7 heteroatoms. The highest BCUT2D eigenvalue weighted by molar-refractivity contribution is 6.33. The minimum absolute atomic E-state index is 0.0894. The summed E-state index contributed by atoms with van der Waals surface area (Å²) in [7, 11) is 0. The highest BCUT2D eigenvalue weighted by atomic mass is 35.5. The first kappa shape index (κ1) is 15.9. The molecule has 1 amide bonds. The summed E-state index contributed by atoms with van der Waals surface area (Å²) in [4.78, 5) is 23.3. The van der Waals surface area contributed by atoms with Crippen LogP contribution in [0.1, 0.15) is 66.4 Å². The monoisotopic (exact) mass is 334 g/mol. The van der Waals surface area contributed by atoms with Gasteiger partial charge in [0.1, 0.15) is 17.3 Å². The highest BCUT2D eigenvalue weighted by Gasteiger charge is 2.34. The average molecular weight is 335 g/mol. The van der Waals surface area contributed by atoms with Crippen LogP contribution in [0.3, 0.4) is 0 Å². The fourth-order valence-electron chi connectivity index (χ4n) is 2.80. The molecule has 0 N–H and O–H groups in total. The molecular weight excluding hydrogens is 316 g/mol. The maximum atomic E-state index is 12.9. The molecule has 1 aliphatic rings. The fraction of sp³-hybridized carbons (Fsp3) is 0.500. The number of rotatable bonds is 3. The normalized spacial score (nSPS) is 18.0.